The van der Waals surface area contributed by atoms with E-state index < -0.39 is 0 Å². The lowest BCUT2D eigenvalue weighted by Gasteiger charge is -2.42. The molecule has 6 heteroatoms. The number of nitrogens with zero attached hydrogens (tertiary/aromatic N) is 4. The van der Waals surface area contributed by atoms with E-state index in [0.29, 0.717) is 6.04 Å². The van der Waals surface area contributed by atoms with Crippen molar-refractivity contribution in [3.63, 3.8) is 0 Å². The van der Waals surface area contributed by atoms with Crippen LogP contribution in [0.4, 0.5) is 5.69 Å². The van der Waals surface area contributed by atoms with E-state index in [1.807, 2.05) is 6.07 Å². The number of piperidine rings is 1. The fourth-order valence-electron chi connectivity index (χ4n) is 4.60. The SMILES string of the molecule is O=[N+]([O-])c1cccc(CN2CCN(C3CCN(Cc4ccccc4)CC3)CC2)c1. The molecule has 2 aromatic rings. The summed E-state index contributed by atoms with van der Waals surface area (Å²) in [5, 5.41) is 11.0. The third-order valence-electron chi connectivity index (χ3n) is 6.26. The van der Waals surface area contributed by atoms with Gasteiger partial charge in [-0.3, -0.25) is 24.8 Å². The van der Waals surface area contributed by atoms with Crippen molar-refractivity contribution in [1.29, 1.82) is 0 Å². The second kappa shape index (κ2) is 9.48. The van der Waals surface area contributed by atoms with Gasteiger partial charge in [0.2, 0.25) is 0 Å². The number of non-ortho nitro benzene ring substituents is 1. The molecule has 2 fully saturated rings. The van der Waals surface area contributed by atoms with Gasteiger partial charge in [-0.15, -0.1) is 0 Å². The molecule has 2 aliphatic rings. The smallest absolute Gasteiger partial charge is 0.269 e. The van der Waals surface area contributed by atoms with E-state index in [0.717, 1.165) is 44.8 Å². The van der Waals surface area contributed by atoms with Crippen LogP contribution in [-0.4, -0.2) is 64.9 Å². The van der Waals surface area contributed by atoms with Crippen molar-refractivity contribution < 1.29 is 4.92 Å². The summed E-state index contributed by atoms with van der Waals surface area (Å²) in [6, 6.07) is 18.5. The maximum Gasteiger partial charge on any atom is 0.269 e. The minimum Gasteiger partial charge on any atom is -0.299 e. The van der Waals surface area contributed by atoms with E-state index in [1.54, 1.807) is 18.2 Å². The molecule has 0 amide bonds. The Labute approximate surface area is 172 Å². The predicted molar refractivity (Wildman–Crippen MR) is 115 cm³/mol. The average molecular weight is 395 g/mol. The molecule has 0 N–H and O–H groups in total. The molecule has 0 spiro atoms. The molecule has 29 heavy (non-hydrogen) atoms. The van der Waals surface area contributed by atoms with Gasteiger partial charge in [0, 0.05) is 57.4 Å². The topological polar surface area (TPSA) is 52.9 Å². The van der Waals surface area contributed by atoms with Crippen molar-refractivity contribution in [2.75, 3.05) is 39.3 Å². The average Bonchev–Trinajstić information content (AvgIpc) is 2.76. The first-order chi connectivity index (χ1) is 14.2. The number of hydrogen-bond donors (Lipinski definition) is 0. The summed E-state index contributed by atoms with van der Waals surface area (Å²) in [6.45, 7) is 8.47. The molecule has 154 valence electrons. The lowest BCUT2D eigenvalue weighted by atomic mass is 10.0. The van der Waals surface area contributed by atoms with E-state index in [1.165, 1.54) is 31.5 Å². The second-order valence-electron chi connectivity index (χ2n) is 8.23. The van der Waals surface area contributed by atoms with E-state index in [4.69, 9.17) is 0 Å². The van der Waals surface area contributed by atoms with Gasteiger partial charge in [0.1, 0.15) is 0 Å². The zero-order valence-corrected chi connectivity index (χ0v) is 16.9. The minimum atomic E-state index is -0.314. The Kier molecular flexibility index (Phi) is 6.54. The van der Waals surface area contributed by atoms with Gasteiger partial charge in [-0.1, -0.05) is 42.5 Å². The normalized spacial score (nSPS) is 20.0. The highest BCUT2D eigenvalue weighted by molar-refractivity contribution is 5.34. The van der Waals surface area contributed by atoms with Crippen LogP contribution in [0.3, 0.4) is 0 Å². The van der Waals surface area contributed by atoms with Gasteiger partial charge in [-0.05, 0) is 37.1 Å². The molecule has 0 aliphatic carbocycles. The van der Waals surface area contributed by atoms with Crippen LogP contribution in [0.1, 0.15) is 24.0 Å². The van der Waals surface area contributed by atoms with Gasteiger partial charge in [0.25, 0.3) is 5.69 Å². The van der Waals surface area contributed by atoms with Crippen LogP contribution in [-0.2, 0) is 13.1 Å². The number of benzene rings is 2. The third kappa shape index (κ3) is 5.41. The number of nitro benzene ring substituents is 1. The van der Waals surface area contributed by atoms with Gasteiger partial charge >= 0.3 is 0 Å². The molecule has 0 radical (unpaired) electrons. The highest BCUT2D eigenvalue weighted by Gasteiger charge is 2.27. The van der Waals surface area contributed by atoms with Crippen LogP contribution in [0.15, 0.2) is 54.6 Å². The molecule has 0 bridgehead atoms. The maximum absolute atomic E-state index is 11.0. The molecule has 2 aromatic carbocycles. The maximum atomic E-state index is 11.0. The Morgan fingerprint density at radius 2 is 1.41 bits per heavy atom. The van der Waals surface area contributed by atoms with E-state index in [9.17, 15) is 10.1 Å². The summed E-state index contributed by atoms with van der Waals surface area (Å²) in [5.41, 5.74) is 2.62. The summed E-state index contributed by atoms with van der Waals surface area (Å²) in [6.07, 6.45) is 2.50. The van der Waals surface area contributed by atoms with Crippen molar-refractivity contribution in [3.05, 3.63) is 75.8 Å². The van der Waals surface area contributed by atoms with Gasteiger partial charge in [0.15, 0.2) is 0 Å². The van der Waals surface area contributed by atoms with Crippen LogP contribution >= 0.6 is 0 Å². The zero-order chi connectivity index (χ0) is 20.1. The number of likely N-dealkylation sites (tertiary alicyclic amines) is 1. The molecule has 2 heterocycles. The quantitative estimate of drug-likeness (QED) is 0.555. The molecule has 2 saturated heterocycles. The first kappa shape index (κ1) is 20.0. The van der Waals surface area contributed by atoms with Crippen LogP contribution in [0, 0.1) is 10.1 Å². The minimum absolute atomic E-state index is 0.184. The van der Waals surface area contributed by atoms with Gasteiger partial charge < -0.3 is 0 Å². The summed E-state index contributed by atoms with van der Waals surface area (Å²) >= 11 is 0. The Morgan fingerprint density at radius 1 is 0.793 bits per heavy atom. The third-order valence-corrected chi connectivity index (χ3v) is 6.26. The molecule has 6 nitrogen and oxygen atoms in total. The van der Waals surface area contributed by atoms with Crippen LogP contribution in [0.25, 0.3) is 0 Å². The Morgan fingerprint density at radius 3 is 2.10 bits per heavy atom. The van der Waals surface area contributed by atoms with E-state index in [-0.39, 0.29) is 10.6 Å². The van der Waals surface area contributed by atoms with Crippen LogP contribution < -0.4 is 0 Å². The molecule has 0 aromatic heterocycles. The van der Waals surface area contributed by atoms with Crippen molar-refractivity contribution >= 4 is 5.69 Å². The summed E-state index contributed by atoms with van der Waals surface area (Å²) in [5.74, 6) is 0. The van der Waals surface area contributed by atoms with E-state index >= 15 is 0 Å². The number of piperazine rings is 1. The molecule has 4 rings (SSSR count). The fraction of sp³-hybridized carbons (Fsp3) is 0.478. The predicted octanol–water partition coefficient (Wildman–Crippen LogP) is 3.38. The Hall–Kier alpha value is -2.28. The van der Waals surface area contributed by atoms with Crippen molar-refractivity contribution in [1.82, 2.24) is 14.7 Å². The second-order valence-corrected chi connectivity index (χ2v) is 8.23. The summed E-state index contributed by atoms with van der Waals surface area (Å²) in [7, 11) is 0. The van der Waals surface area contributed by atoms with Crippen molar-refractivity contribution in [3.8, 4) is 0 Å². The monoisotopic (exact) mass is 394 g/mol. The lowest BCUT2D eigenvalue weighted by Crippen LogP contribution is -2.52. The molecular formula is C23H30N4O2. The molecule has 0 atom stereocenters. The number of hydrogen-bond acceptors (Lipinski definition) is 5. The molecule has 0 saturated carbocycles. The van der Waals surface area contributed by atoms with Crippen molar-refractivity contribution in [2.45, 2.75) is 32.0 Å². The summed E-state index contributed by atoms with van der Waals surface area (Å²) in [4.78, 5) is 18.3. The van der Waals surface area contributed by atoms with Crippen LogP contribution in [0.2, 0.25) is 0 Å². The Bertz CT molecular complexity index is 798. The number of nitro groups is 1. The molecule has 2 aliphatic heterocycles. The molecule has 0 unspecified atom stereocenters. The number of rotatable bonds is 6. The lowest BCUT2D eigenvalue weighted by molar-refractivity contribution is -0.384. The first-order valence-corrected chi connectivity index (χ1v) is 10.6. The molecular weight excluding hydrogens is 364 g/mol. The largest absolute Gasteiger partial charge is 0.299 e. The van der Waals surface area contributed by atoms with Gasteiger partial charge in [-0.25, -0.2) is 0 Å². The Balaban J connectivity index is 1.21. The summed E-state index contributed by atoms with van der Waals surface area (Å²) < 4.78 is 0. The highest BCUT2D eigenvalue weighted by Crippen LogP contribution is 2.21. The van der Waals surface area contributed by atoms with Gasteiger partial charge in [-0.2, -0.15) is 0 Å². The standard InChI is InChI=1S/C23H30N4O2/c28-27(29)23-8-4-7-21(17-23)19-25-13-15-26(16-14-25)22-9-11-24(12-10-22)18-20-5-2-1-3-6-20/h1-8,17,22H,9-16,18-19H2. The van der Waals surface area contributed by atoms with Gasteiger partial charge in [0.05, 0.1) is 4.92 Å². The highest BCUT2D eigenvalue weighted by atomic mass is 16.6. The van der Waals surface area contributed by atoms with Crippen LogP contribution in [0.5, 0.6) is 0 Å². The zero-order valence-electron chi connectivity index (χ0n) is 16.9. The van der Waals surface area contributed by atoms with Crippen molar-refractivity contribution in [2.24, 2.45) is 0 Å². The first-order valence-electron chi connectivity index (χ1n) is 10.6. The van der Waals surface area contributed by atoms with E-state index in [2.05, 4.69) is 45.0 Å². The fourth-order valence-corrected chi connectivity index (χ4v) is 4.60.